The first kappa shape index (κ1) is 14.6. The standard InChI is InChI=1S/C17H16ClN3O/c1-11(2)17(22)19-14-6-3-12(4-7-14)15-10-21-9-13(18)5-8-16(21)20-15/h3-11H,1-2H3,(H,19,22). The van der Waals surface area contributed by atoms with Gasteiger partial charge in [-0.15, -0.1) is 0 Å². The monoisotopic (exact) mass is 313 g/mol. The largest absolute Gasteiger partial charge is 0.326 e. The van der Waals surface area contributed by atoms with Crippen molar-refractivity contribution in [3.05, 3.63) is 53.8 Å². The Morgan fingerprint density at radius 2 is 1.86 bits per heavy atom. The Morgan fingerprint density at radius 1 is 1.14 bits per heavy atom. The lowest BCUT2D eigenvalue weighted by molar-refractivity contribution is -0.118. The van der Waals surface area contributed by atoms with E-state index in [1.54, 1.807) is 0 Å². The minimum atomic E-state index is -0.0390. The predicted molar refractivity (Wildman–Crippen MR) is 89.1 cm³/mol. The number of anilines is 1. The Bertz CT molecular complexity index is 822. The molecule has 0 radical (unpaired) electrons. The number of rotatable bonds is 3. The first-order chi connectivity index (χ1) is 10.5. The summed E-state index contributed by atoms with van der Waals surface area (Å²) in [4.78, 5) is 16.2. The molecule has 2 aromatic heterocycles. The van der Waals surface area contributed by atoms with Crippen LogP contribution in [-0.2, 0) is 4.79 Å². The van der Waals surface area contributed by atoms with Crippen molar-refractivity contribution in [2.45, 2.75) is 13.8 Å². The molecule has 0 fully saturated rings. The number of benzene rings is 1. The molecule has 1 aromatic carbocycles. The van der Waals surface area contributed by atoms with Gasteiger partial charge in [-0.05, 0) is 24.3 Å². The van der Waals surface area contributed by atoms with Gasteiger partial charge in [0.25, 0.3) is 0 Å². The molecule has 0 aliphatic heterocycles. The second-order valence-corrected chi connectivity index (χ2v) is 5.90. The maximum atomic E-state index is 11.7. The van der Waals surface area contributed by atoms with Crippen molar-refractivity contribution in [3.63, 3.8) is 0 Å². The number of carbonyl (C=O) groups excluding carboxylic acids is 1. The molecule has 2 heterocycles. The minimum Gasteiger partial charge on any atom is -0.326 e. The Balaban J connectivity index is 1.86. The second-order valence-electron chi connectivity index (χ2n) is 5.46. The zero-order valence-electron chi connectivity index (χ0n) is 12.4. The number of hydrogen-bond donors (Lipinski definition) is 1. The van der Waals surface area contributed by atoms with Crippen LogP contribution >= 0.6 is 11.6 Å². The van der Waals surface area contributed by atoms with Crippen molar-refractivity contribution in [1.82, 2.24) is 9.38 Å². The van der Waals surface area contributed by atoms with Gasteiger partial charge in [-0.3, -0.25) is 4.79 Å². The third-order valence-corrected chi connectivity index (χ3v) is 3.61. The fourth-order valence-electron chi connectivity index (χ4n) is 2.11. The summed E-state index contributed by atoms with van der Waals surface area (Å²) < 4.78 is 1.89. The smallest absolute Gasteiger partial charge is 0.226 e. The molecule has 0 saturated heterocycles. The van der Waals surface area contributed by atoms with Crippen LogP contribution in [0.2, 0.25) is 5.02 Å². The van der Waals surface area contributed by atoms with E-state index in [1.165, 1.54) is 0 Å². The summed E-state index contributed by atoms with van der Waals surface area (Å²) in [6.45, 7) is 3.73. The van der Waals surface area contributed by atoms with E-state index in [-0.39, 0.29) is 11.8 Å². The highest BCUT2D eigenvalue weighted by Crippen LogP contribution is 2.22. The molecule has 0 spiro atoms. The molecule has 0 aliphatic carbocycles. The van der Waals surface area contributed by atoms with Gasteiger partial charge in [0.05, 0.1) is 10.7 Å². The molecule has 1 N–H and O–H groups in total. The van der Waals surface area contributed by atoms with Crippen LogP contribution in [0, 0.1) is 5.92 Å². The van der Waals surface area contributed by atoms with Crippen LogP contribution in [0.15, 0.2) is 48.8 Å². The molecule has 4 nitrogen and oxygen atoms in total. The van der Waals surface area contributed by atoms with Gasteiger partial charge >= 0.3 is 0 Å². The van der Waals surface area contributed by atoms with E-state index in [1.807, 2.05) is 67.0 Å². The summed E-state index contributed by atoms with van der Waals surface area (Å²) in [6, 6.07) is 11.3. The number of hydrogen-bond acceptors (Lipinski definition) is 2. The number of aromatic nitrogens is 2. The second kappa shape index (κ2) is 5.81. The molecular formula is C17H16ClN3O. The Labute approximate surface area is 133 Å². The lowest BCUT2D eigenvalue weighted by Crippen LogP contribution is -2.17. The van der Waals surface area contributed by atoms with Gasteiger partial charge in [0.1, 0.15) is 5.65 Å². The molecule has 22 heavy (non-hydrogen) atoms. The number of amides is 1. The average Bonchev–Trinajstić information content (AvgIpc) is 2.90. The zero-order chi connectivity index (χ0) is 15.7. The Hall–Kier alpha value is -2.33. The Kier molecular flexibility index (Phi) is 3.86. The van der Waals surface area contributed by atoms with E-state index < -0.39 is 0 Å². The SMILES string of the molecule is CC(C)C(=O)Nc1ccc(-c2cn3cc(Cl)ccc3n2)cc1. The fraction of sp³-hybridized carbons (Fsp3) is 0.176. The quantitative estimate of drug-likeness (QED) is 0.785. The third kappa shape index (κ3) is 2.97. The van der Waals surface area contributed by atoms with Gasteiger partial charge in [-0.2, -0.15) is 0 Å². The molecule has 0 atom stereocenters. The number of nitrogens with one attached hydrogen (secondary N) is 1. The van der Waals surface area contributed by atoms with Crippen LogP contribution < -0.4 is 5.32 Å². The molecule has 0 aliphatic rings. The Morgan fingerprint density at radius 3 is 2.55 bits per heavy atom. The summed E-state index contributed by atoms with van der Waals surface area (Å²) in [5.41, 5.74) is 3.48. The van der Waals surface area contributed by atoms with E-state index in [2.05, 4.69) is 10.3 Å². The van der Waals surface area contributed by atoms with Crippen LogP contribution in [0.5, 0.6) is 0 Å². The first-order valence-electron chi connectivity index (χ1n) is 7.08. The summed E-state index contributed by atoms with van der Waals surface area (Å²) in [5.74, 6) is -0.0296. The number of halogens is 1. The highest BCUT2D eigenvalue weighted by atomic mass is 35.5. The van der Waals surface area contributed by atoms with Crippen molar-refractivity contribution < 1.29 is 4.79 Å². The normalized spacial score (nSPS) is 11.1. The van der Waals surface area contributed by atoms with Gasteiger partial charge in [0.15, 0.2) is 0 Å². The third-order valence-electron chi connectivity index (χ3n) is 3.39. The van der Waals surface area contributed by atoms with Gasteiger partial charge in [-0.25, -0.2) is 4.98 Å². The van der Waals surface area contributed by atoms with E-state index in [0.29, 0.717) is 5.02 Å². The van der Waals surface area contributed by atoms with Crippen molar-refractivity contribution in [3.8, 4) is 11.3 Å². The minimum absolute atomic E-state index is 0.00937. The molecule has 3 rings (SSSR count). The zero-order valence-corrected chi connectivity index (χ0v) is 13.1. The molecule has 3 aromatic rings. The van der Waals surface area contributed by atoms with E-state index in [0.717, 1.165) is 22.6 Å². The van der Waals surface area contributed by atoms with Gasteiger partial charge in [-0.1, -0.05) is 37.6 Å². The highest BCUT2D eigenvalue weighted by molar-refractivity contribution is 6.30. The lowest BCUT2D eigenvalue weighted by atomic mass is 10.1. The van der Waals surface area contributed by atoms with Crippen LogP contribution in [0.4, 0.5) is 5.69 Å². The van der Waals surface area contributed by atoms with Crippen LogP contribution in [0.3, 0.4) is 0 Å². The maximum absolute atomic E-state index is 11.7. The number of fused-ring (bicyclic) bond motifs is 1. The molecule has 1 amide bonds. The van der Waals surface area contributed by atoms with E-state index in [9.17, 15) is 4.79 Å². The van der Waals surface area contributed by atoms with Crippen LogP contribution in [-0.4, -0.2) is 15.3 Å². The summed E-state index contributed by atoms with van der Waals surface area (Å²) in [7, 11) is 0. The molecule has 112 valence electrons. The molecular weight excluding hydrogens is 298 g/mol. The van der Waals surface area contributed by atoms with Gasteiger partial charge < -0.3 is 9.72 Å². The van der Waals surface area contributed by atoms with Gasteiger partial charge in [0, 0.05) is 29.6 Å². The molecule has 0 unspecified atom stereocenters. The molecule has 0 saturated carbocycles. The van der Waals surface area contributed by atoms with Crippen molar-refractivity contribution in [2.24, 2.45) is 5.92 Å². The summed E-state index contributed by atoms with van der Waals surface area (Å²) >= 11 is 5.98. The topological polar surface area (TPSA) is 46.4 Å². The number of nitrogens with zero attached hydrogens (tertiary/aromatic N) is 2. The van der Waals surface area contributed by atoms with Crippen LogP contribution in [0.1, 0.15) is 13.8 Å². The molecule has 5 heteroatoms. The van der Waals surface area contributed by atoms with E-state index >= 15 is 0 Å². The van der Waals surface area contributed by atoms with E-state index in [4.69, 9.17) is 11.6 Å². The maximum Gasteiger partial charge on any atom is 0.226 e. The number of imidazole rings is 1. The van der Waals surface area contributed by atoms with Crippen molar-refractivity contribution in [1.29, 1.82) is 0 Å². The number of pyridine rings is 1. The predicted octanol–water partition coefficient (Wildman–Crippen LogP) is 4.25. The average molecular weight is 314 g/mol. The fourth-order valence-corrected chi connectivity index (χ4v) is 2.28. The summed E-state index contributed by atoms with van der Waals surface area (Å²) in [5, 5.41) is 3.54. The lowest BCUT2D eigenvalue weighted by Gasteiger charge is -2.07. The number of carbonyl (C=O) groups is 1. The van der Waals surface area contributed by atoms with Crippen LogP contribution in [0.25, 0.3) is 16.9 Å². The highest BCUT2D eigenvalue weighted by Gasteiger charge is 2.08. The first-order valence-corrected chi connectivity index (χ1v) is 7.46. The van der Waals surface area contributed by atoms with Gasteiger partial charge in [0.2, 0.25) is 5.91 Å². The van der Waals surface area contributed by atoms with Crippen molar-refractivity contribution >= 4 is 28.8 Å². The molecule has 0 bridgehead atoms. The summed E-state index contributed by atoms with van der Waals surface area (Å²) in [6.07, 6.45) is 3.76. The van der Waals surface area contributed by atoms with Crippen molar-refractivity contribution in [2.75, 3.05) is 5.32 Å².